The van der Waals surface area contributed by atoms with E-state index in [0.717, 1.165) is 36.4 Å². The van der Waals surface area contributed by atoms with Crippen LogP contribution in [0.1, 0.15) is 13.3 Å². The third-order valence-electron chi connectivity index (χ3n) is 3.71. The van der Waals surface area contributed by atoms with Crippen LogP contribution in [0.25, 0.3) is 11.0 Å². The van der Waals surface area contributed by atoms with Gasteiger partial charge < -0.3 is 10.0 Å². The van der Waals surface area contributed by atoms with Crippen LogP contribution in [0.3, 0.4) is 0 Å². The van der Waals surface area contributed by atoms with Crippen LogP contribution in [0.15, 0.2) is 12.5 Å². The Labute approximate surface area is 105 Å². The minimum atomic E-state index is -0.263. The van der Waals surface area contributed by atoms with Crippen LogP contribution in [0.2, 0.25) is 0 Å². The van der Waals surface area contributed by atoms with Crippen LogP contribution in [0.4, 0.5) is 5.82 Å². The number of aromatic nitrogens is 4. The van der Waals surface area contributed by atoms with Crippen molar-refractivity contribution in [2.75, 3.05) is 18.0 Å². The number of fused-ring (bicyclic) bond motifs is 1. The van der Waals surface area contributed by atoms with Crippen molar-refractivity contribution < 1.29 is 5.11 Å². The summed E-state index contributed by atoms with van der Waals surface area (Å²) in [7, 11) is 1.88. The summed E-state index contributed by atoms with van der Waals surface area (Å²) >= 11 is 0. The fourth-order valence-electron chi connectivity index (χ4n) is 2.58. The van der Waals surface area contributed by atoms with E-state index in [-0.39, 0.29) is 6.10 Å². The molecule has 6 nitrogen and oxygen atoms in total. The smallest absolute Gasteiger partial charge is 0.163 e. The van der Waals surface area contributed by atoms with Crippen LogP contribution in [0, 0.1) is 5.92 Å². The number of hydrogen-bond donors (Lipinski definition) is 1. The first-order valence-corrected chi connectivity index (χ1v) is 6.22. The zero-order valence-corrected chi connectivity index (χ0v) is 10.6. The summed E-state index contributed by atoms with van der Waals surface area (Å²) in [5.74, 6) is 1.25. The van der Waals surface area contributed by atoms with Crippen molar-refractivity contribution in [3.05, 3.63) is 12.5 Å². The summed E-state index contributed by atoms with van der Waals surface area (Å²) in [4.78, 5) is 10.8. The van der Waals surface area contributed by atoms with Crippen LogP contribution >= 0.6 is 0 Å². The Balaban J connectivity index is 1.96. The fourth-order valence-corrected chi connectivity index (χ4v) is 2.58. The first-order chi connectivity index (χ1) is 8.66. The normalized spacial score (nSPS) is 21.7. The first-order valence-electron chi connectivity index (χ1n) is 6.22. The van der Waals surface area contributed by atoms with Gasteiger partial charge in [-0.3, -0.25) is 4.68 Å². The predicted octanol–water partition coefficient (Wildman–Crippen LogP) is 0.570. The van der Waals surface area contributed by atoms with Gasteiger partial charge in [0.25, 0.3) is 0 Å². The van der Waals surface area contributed by atoms with Gasteiger partial charge in [0.15, 0.2) is 5.65 Å². The molecule has 1 fully saturated rings. The largest absolute Gasteiger partial charge is 0.393 e. The number of hydrogen-bond acceptors (Lipinski definition) is 5. The number of rotatable bonds is 2. The molecule has 0 saturated carbocycles. The van der Waals surface area contributed by atoms with E-state index in [9.17, 15) is 5.11 Å². The Morgan fingerprint density at radius 1 is 1.44 bits per heavy atom. The lowest BCUT2D eigenvalue weighted by atomic mass is 10.0. The van der Waals surface area contributed by atoms with Crippen molar-refractivity contribution in [3.63, 3.8) is 0 Å². The van der Waals surface area contributed by atoms with Crippen molar-refractivity contribution in [2.45, 2.75) is 19.4 Å². The summed E-state index contributed by atoms with van der Waals surface area (Å²) < 4.78 is 1.75. The summed E-state index contributed by atoms with van der Waals surface area (Å²) in [5, 5.41) is 14.9. The minimum Gasteiger partial charge on any atom is -0.393 e. The molecule has 2 aromatic heterocycles. The Morgan fingerprint density at radius 3 is 3.00 bits per heavy atom. The van der Waals surface area contributed by atoms with Crippen LogP contribution in [-0.4, -0.2) is 44.0 Å². The van der Waals surface area contributed by atoms with E-state index in [4.69, 9.17) is 0 Å². The van der Waals surface area contributed by atoms with Crippen LogP contribution in [0.5, 0.6) is 0 Å². The lowest BCUT2D eigenvalue weighted by molar-refractivity contribution is 0.136. The summed E-state index contributed by atoms with van der Waals surface area (Å²) in [6.07, 6.45) is 4.12. The van der Waals surface area contributed by atoms with Gasteiger partial charge in [-0.2, -0.15) is 5.10 Å². The number of anilines is 1. The second kappa shape index (κ2) is 4.20. The van der Waals surface area contributed by atoms with Gasteiger partial charge in [-0.15, -0.1) is 0 Å². The third-order valence-corrected chi connectivity index (χ3v) is 3.71. The van der Waals surface area contributed by atoms with Gasteiger partial charge >= 0.3 is 0 Å². The van der Waals surface area contributed by atoms with Gasteiger partial charge in [0.1, 0.15) is 12.1 Å². The molecule has 3 heterocycles. The average molecular weight is 247 g/mol. The maximum Gasteiger partial charge on any atom is 0.163 e. The molecule has 1 aliphatic heterocycles. The molecule has 2 aromatic rings. The monoisotopic (exact) mass is 247 g/mol. The van der Waals surface area contributed by atoms with E-state index < -0.39 is 0 Å². The van der Waals surface area contributed by atoms with Crippen molar-refractivity contribution in [1.82, 2.24) is 19.7 Å². The molecule has 0 amide bonds. The topological polar surface area (TPSA) is 67.1 Å². The van der Waals surface area contributed by atoms with E-state index >= 15 is 0 Å². The lowest BCUT2D eigenvalue weighted by Gasteiger charge is -2.18. The van der Waals surface area contributed by atoms with Crippen molar-refractivity contribution in [2.24, 2.45) is 13.0 Å². The number of aliphatic hydroxyl groups is 1. The molecule has 96 valence electrons. The van der Waals surface area contributed by atoms with E-state index in [1.165, 1.54) is 0 Å². The Morgan fingerprint density at radius 2 is 2.28 bits per heavy atom. The Kier molecular flexibility index (Phi) is 2.66. The fraction of sp³-hybridized carbons (Fsp3) is 0.583. The highest BCUT2D eigenvalue weighted by molar-refractivity contribution is 5.86. The van der Waals surface area contributed by atoms with Gasteiger partial charge in [-0.05, 0) is 13.3 Å². The SMILES string of the molecule is CC(O)C1CCN(c2ncnc3c2cnn3C)C1. The molecule has 2 atom stereocenters. The molecule has 2 unspecified atom stereocenters. The standard InChI is InChI=1S/C12H17N5O/c1-8(18)9-3-4-17(6-9)12-10-5-15-16(2)11(10)13-7-14-12/h5,7-9,18H,3-4,6H2,1-2H3. The summed E-state index contributed by atoms with van der Waals surface area (Å²) in [5.41, 5.74) is 0.848. The predicted molar refractivity (Wildman–Crippen MR) is 68.3 cm³/mol. The highest BCUT2D eigenvalue weighted by atomic mass is 16.3. The van der Waals surface area contributed by atoms with Gasteiger partial charge in [-0.1, -0.05) is 0 Å². The molecule has 18 heavy (non-hydrogen) atoms. The average Bonchev–Trinajstić information content (AvgIpc) is 2.97. The maximum absolute atomic E-state index is 9.66. The minimum absolute atomic E-state index is 0.263. The molecule has 1 saturated heterocycles. The van der Waals surface area contributed by atoms with E-state index in [1.54, 1.807) is 17.2 Å². The number of aryl methyl sites for hydroxylation is 1. The van der Waals surface area contributed by atoms with Crippen molar-refractivity contribution in [3.8, 4) is 0 Å². The summed E-state index contributed by atoms with van der Waals surface area (Å²) in [6, 6.07) is 0. The summed E-state index contributed by atoms with van der Waals surface area (Å²) in [6.45, 7) is 3.63. The van der Waals surface area contributed by atoms with Crippen molar-refractivity contribution in [1.29, 1.82) is 0 Å². The van der Waals surface area contributed by atoms with Crippen LogP contribution < -0.4 is 4.90 Å². The zero-order chi connectivity index (χ0) is 12.7. The molecular weight excluding hydrogens is 230 g/mol. The van der Waals surface area contributed by atoms with E-state index in [2.05, 4.69) is 20.0 Å². The molecule has 6 heteroatoms. The van der Waals surface area contributed by atoms with E-state index in [1.807, 2.05) is 14.0 Å². The third kappa shape index (κ3) is 1.73. The molecule has 1 N–H and O–H groups in total. The van der Waals surface area contributed by atoms with Gasteiger partial charge in [-0.25, -0.2) is 9.97 Å². The van der Waals surface area contributed by atoms with Crippen LogP contribution in [-0.2, 0) is 7.05 Å². The molecule has 0 aromatic carbocycles. The highest BCUT2D eigenvalue weighted by Crippen LogP contribution is 2.28. The van der Waals surface area contributed by atoms with Gasteiger partial charge in [0.2, 0.25) is 0 Å². The Bertz CT molecular complexity index is 565. The Hall–Kier alpha value is -1.69. The second-order valence-electron chi connectivity index (χ2n) is 4.94. The molecule has 1 aliphatic rings. The molecule has 3 rings (SSSR count). The molecule has 0 radical (unpaired) electrons. The highest BCUT2D eigenvalue weighted by Gasteiger charge is 2.28. The molecule has 0 spiro atoms. The van der Waals surface area contributed by atoms with Gasteiger partial charge in [0, 0.05) is 26.1 Å². The molecular formula is C12H17N5O. The maximum atomic E-state index is 9.66. The van der Waals surface area contributed by atoms with Gasteiger partial charge in [0.05, 0.1) is 17.7 Å². The number of nitrogens with zero attached hydrogens (tertiary/aromatic N) is 5. The van der Waals surface area contributed by atoms with E-state index in [0.29, 0.717) is 5.92 Å². The number of aliphatic hydroxyl groups excluding tert-OH is 1. The molecule has 0 bridgehead atoms. The quantitative estimate of drug-likeness (QED) is 0.840. The molecule has 0 aliphatic carbocycles. The van der Waals surface area contributed by atoms with Crippen molar-refractivity contribution >= 4 is 16.9 Å². The second-order valence-corrected chi connectivity index (χ2v) is 4.94. The zero-order valence-electron chi connectivity index (χ0n) is 10.6. The first kappa shape index (κ1) is 11.4. The lowest BCUT2D eigenvalue weighted by Crippen LogP contribution is -2.24.